The summed E-state index contributed by atoms with van der Waals surface area (Å²) in [5, 5.41) is 11.6. The van der Waals surface area contributed by atoms with Crippen molar-refractivity contribution in [3.63, 3.8) is 0 Å². The molecule has 0 spiro atoms. The maximum Gasteiger partial charge on any atom is 0.348 e. The third-order valence-corrected chi connectivity index (χ3v) is 7.10. The highest BCUT2D eigenvalue weighted by Gasteiger charge is 2.28. The van der Waals surface area contributed by atoms with Gasteiger partial charge < -0.3 is 19.5 Å². The summed E-state index contributed by atoms with van der Waals surface area (Å²) in [5.41, 5.74) is 2.93. The van der Waals surface area contributed by atoms with Crippen LogP contribution in [0.4, 0.5) is 0 Å². The first-order chi connectivity index (χ1) is 16.9. The molecule has 1 N–H and O–H groups in total. The first-order valence-electron chi connectivity index (χ1n) is 12.4. The summed E-state index contributed by atoms with van der Waals surface area (Å²) in [5.74, 6) is -0.658. The highest BCUT2D eigenvalue weighted by atomic mass is 32.1. The summed E-state index contributed by atoms with van der Waals surface area (Å²) in [4.78, 5) is 40.0. The number of unbranched alkanes of at least 4 members (excludes halogenated alkanes) is 2. The Bertz CT molecular complexity index is 1020. The Labute approximate surface area is 211 Å². The number of fused-ring (bicyclic) bond motifs is 1. The van der Waals surface area contributed by atoms with Crippen LogP contribution in [-0.2, 0) is 32.0 Å². The molecule has 1 amide bonds. The summed E-state index contributed by atoms with van der Waals surface area (Å²) in [6.45, 7) is 4.86. The van der Waals surface area contributed by atoms with Crippen molar-refractivity contribution in [3.05, 3.63) is 51.2 Å². The normalized spacial score (nSPS) is 14.4. The number of esters is 2. The number of phenolic OH excluding ortho intramolecular Hbond substituents is 1. The zero-order valence-corrected chi connectivity index (χ0v) is 21.4. The van der Waals surface area contributed by atoms with Gasteiger partial charge in [0.15, 0.2) is 0 Å². The number of aromatic hydroxyl groups is 1. The van der Waals surface area contributed by atoms with Gasteiger partial charge in [-0.1, -0.05) is 32.8 Å². The fourth-order valence-electron chi connectivity index (χ4n) is 4.17. The van der Waals surface area contributed by atoms with Gasteiger partial charge in [0.05, 0.1) is 13.2 Å². The average molecular weight is 502 g/mol. The van der Waals surface area contributed by atoms with Crippen molar-refractivity contribution in [2.75, 3.05) is 19.8 Å². The van der Waals surface area contributed by atoms with Crippen LogP contribution in [-0.4, -0.2) is 47.6 Å². The first-order valence-corrected chi connectivity index (χ1v) is 13.3. The standard InChI is InChI=1S/C27H35NO6S/c1-3-5-11-33-26(31)17-28(16-19-13-24(35-18-19)27(32)34-12-6-4-2)25(30)15-21-8-7-20-14-22(29)9-10-23(20)21/h9-10,13-14,18,21,29H,3-8,11-12,15-17H2,1-2H3. The summed E-state index contributed by atoms with van der Waals surface area (Å²) in [6.07, 6.45) is 5.37. The molecule has 0 saturated heterocycles. The van der Waals surface area contributed by atoms with Crippen LogP contribution in [0.1, 0.15) is 84.7 Å². The Kier molecular flexibility index (Phi) is 10.1. The summed E-state index contributed by atoms with van der Waals surface area (Å²) in [7, 11) is 0. The zero-order valence-electron chi connectivity index (χ0n) is 20.6. The van der Waals surface area contributed by atoms with E-state index in [1.54, 1.807) is 18.2 Å². The monoisotopic (exact) mass is 501 g/mol. The van der Waals surface area contributed by atoms with E-state index in [0.717, 1.165) is 55.2 Å². The van der Waals surface area contributed by atoms with Gasteiger partial charge in [-0.2, -0.15) is 0 Å². The van der Waals surface area contributed by atoms with E-state index in [-0.39, 0.29) is 43.1 Å². The van der Waals surface area contributed by atoms with E-state index in [1.165, 1.54) is 16.2 Å². The third kappa shape index (κ3) is 7.82. The lowest BCUT2D eigenvalue weighted by Crippen LogP contribution is -2.36. The second kappa shape index (κ2) is 13.3. The number of thiophene rings is 1. The lowest BCUT2D eigenvalue weighted by Gasteiger charge is -2.23. The number of amides is 1. The molecular formula is C27H35NO6S. The van der Waals surface area contributed by atoms with Crippen molar-refractivity contribution in [2.45, 2.75) is 71.3 Å². The van der Waals surface area contributed by atoms with Gasteiger partial charge in [-0.25, -0.2) is 4.79 Å². The zero-order chi connectivity index (χ0) is 25.2. The number of ether oxygens (including phenoxy) is 2. The van der Waals surface area contributed by atoms with Crippen LogP contribution in [0.5, 0.6) is 5.75 Å². The van der Waals surface area contributed by atoms with E-state index in [9.17, 15) is 19.5 Å². The van der Waals surface area contributed by atoms with Crippen LogP contribution in [0.15, 0.2) is 29.6 Å². The second-order valence-electron chi connectivity index (χ2n) is 8.96. The van der Waals surface area contributed by atoms with Crippen molar-refractivity contribution >= 4 is 29.2 Å². The van der Waals surface area contributed by atoms with Crippen molar-refractivity contribution in [2.24, 2.45) is 0 Å². The highest BCUT2D eigenvalue weighted by molar-refractivity contribution is 7.12. The molecule has 1 atom stereocenters. The smallest absolute Gasteiger partial charge is 0.348 e. The van der Waals surface area contributed by atoms with Crippen molar-refractivity contribution < 1.29 is 29.0 Å². The molecular weight excluding hydrogens is 466 g/mol. The molecule has 2 aromatic rings. The van der Waals surface area contributed by atoms with Crippen LogP contribution in [0, 0.1) is 0 Å². The van der Waals surface area contributed by atoms with Crippen LogP contribution >= 0.6 is 11.3 Å². The molecule has 1 aliphatic carbocycles. The molecule has 1 aliphatic rings. The predicted octanol–water partition coefficient (Wildman–Crippen LogP) is 5.20. The van der Waals surface area contributed by atoms with Crippen LogP contribution < -0.4 is 0 Å². The van der Waals surface area contributed by atoms with E-state index in [1.807, 2.05) is 25.3 Å². The number of nitrogens with zero attached hydrogens (tertiary/aromatic N) is 1. The third-order valence-electron chi connectivity index (χ3n) is 6.14. The lowest BCUT2D eigenvalue weighted by atomic mass is 9.97. The van der Waals surface area contributed by atoms with E-state index < -0.39 is 5.97 Å². The van der Waals surface area contributed by atoms with E-state index in [2.05, 4.69) is 0 Å². The number of aryl methyl sites for hydroxylation is 1. The summed E-state index contributed by atoms with van der Waals surface area (Å²) < 4.78 is 10.6. The minimum Gasteiger partial charge on any atom is -0.508 e. The maximum atomic E-state index is 13.3. The van der Waals surface area contributed by atoms with E-state index >= 15 is 0 Å². The number of carbonyl (C=O) groups is 3. The Hall–Kier alpha value is -2.87. The van der Waals surface area contributed by atoms with Gasteiger partial charge in [0, 0.05) is 13.0 Å². The number of hydrogen-bond acceptors (Lipinski definition) is 7. The Morgan fingerprint density at radius 2 is 1.83 bits per heavy atom. The quantitative estimate of drug-likeness (QED) is 0.299. The van der Waals surface area contributed by atoms with E-state index in [0.29, 0.717) is 18.1 Å². The number of carbonyl (C=O) groups excluding carboxylic acids is 3. The maximum absolute atomic E-state index is 13.3. The SMILES string of the molecule is CCCCOC(=O)CN(Cc1csc(C(=O)OCCCC)c1)C(=O)CC1CCc2cc(O)ccc21. The van der Waals surface area contributed by atoms with E-state index in [4.69, 9.17) is 9.47 Å². The highest BCUT2D eigenvalue weighted by Crippen LogP contribution is 2.37. The molecule has 0 bridgehead atoms. The van der Waals surface area contributed by atoms with Crippen molar-refractivity contribution in [1.29, 1.82) is 0 Å². The molecule has 0 saturated carbocycles. The van der Waals surface area contributed by atoms with Gasteiger partial charge in [0.1, 0.15) is 17.2 Å². The Morgan fingerprint density at radius 3 is 2.57 bits per heavy atom. The van der Waals surface area contributed by atoms with Gasteiger partial charge in [-0.3, -0.25) is 9.59 Å². The number of rotatable bonds is 13. The number of benzene rings is 1. The van der Waals surface area contributed by atoms with Gasteiger partial charge in [0.2, 0.25) is 5.91 Å². The predicted molar refractivity (Wildman–Crippen MR) is 135 cm³/mol. The molecule has 1 unspecified atom stereocenters. The molecule has 7 nitrogen and oxygen atoms in total. The lowest BCUT2D eigenvalue weighted by molar-refractivity contribution is -0.150. The minimum atomic E-state index is -0.432. The molecule has 1 aromatic carbocycles. The van der Waals surface area contributed by atoms with Crippen molar-refractivity contribution in [1.82, 2.24) is 4.90 Å². The van der Waals surface area contributed by atoms with Crippen LogP contribution in [0.25, 0.3) is 0 Å². The molecule has 190 valence electrons. The Morgan fingerprint density at radius 1 is 1.09 bits per heavy atom. The average Bonchev–Trinajstić information content (AvgIpc) is 3.46. The largest absolute Gasteiger partial charge is 0.508 e. The Balaban J connectivity index is 1.68. The van der Waals surface area contributed by atoms with Crippen molar-refractivity contribution in [3.8, 4) is 5.75 Å². The molecule has 1 aromatic heterocycles. The molecule has 0 radical (unpaired) electrons. The number of hydrogen-bond donors (Lipinski definition) is 1. The molecule has 0 fully saturated rings. The van der Waals surface area contributed by atoms with Gasteiger partial charge in [-0.05, 0) is 71.9 Å². The van der Waals surface area contributed by atoms with Gasteiger partial charge in [-0.15, -0.1) is 11.3 Å². The molecule has 3 rings (SSSR count). The topological polar surface area (TPSA) is 93.1 Å². The van der Waals surface area contributed by atoms with Crippen LogP contribution in [0.3, 0.4) is 0 Å². The summed E-state index contributed by atoms with van der Waals surface area (Å²) in [6, 6.07) is 7.02. The fraction of sp³-hybridized carbons (Fsp3) is 0.519. The van der Waals surface area contributed by atoms with Gasteiger partial charge >= 0.3 is 11.9 Å². The molecule has 1 heterocycles. The molecule has 35 heavy (non-hydrogen) atoms. The van der Waals surface area contributed by atoms with Gasteiger partial charge in [0.25, 0.3) is 0 Å². The molecule has 8 heteroatoms. The molecule has 0 aliphatic heterocycles. The fourth-order valence-corrected chi connectivity index (χ4v) is 4.97. The van der Waals surface area contributed by atoms with Crippen LogP contribution in [0.2, 0.25) is 0 Å². The summed E-state index contributed by atoms with van der Waals surface area (Å²) >= 11 is 1.28. The first kappa shape index (κ1) is 26.7. The number of phenols is 1. The minimum absolute atomic E-state index is 0.0447. The second-order valence-corrected chi connectivity index (χ2v) is 9.87.